The van der Waals surface area contributed by atoms with Crippen molar-refractivity contribution in [1.82, 2.24) is 30.0 Å². The van der Waals surface area contributed by atoms with E-state index in [9.17, 15) is 0 Å². The maximum absolute atomic E-state index is 4.24. The van der Waals surface area contributed by atoms with Crippen LogP contribution in [0.25, 0.3) is 11.4 Å². The largest absolute Gasteiger partial charge is 0.272 e. The van der Waals surface area contributed by atoms with Crippen molar-refractivity contribution in [1.29, 1.82) is 0 Å². The Balaban J connectivity index is 2.20. The third kappa shape index (κ3) is 2.20. The molecule has 0 atom stereocenters. The van der Waals surface area contributed by atoms with Crippen LogP contribution in [0, 0.1) is 5.92 Å². The van der Waals surface area contributed by atoms with Crippen LogP contribution >= 0.6 is 0 Å². The molecule has 0 radical (unpaired) electrons. The lowest BCUT2D eigenvalue weighted by Gasteiger charge is -2.02. The van der Waals surface area contributed by atoms with Crippen LogP contribution in [-0.4, -0.2) is 30.0 Å². The maximum atomic E-state index is 4.24. The summed E-state index contributed by atoms with van der Waals surface area (Å²) in [6.07, 6.45) is 3.70. The number of tetrazole rings is 1. The van der Waals surface area contributed by atoms with E-state index in [0.717, 1.165) is 12.1 Å². The van der Waals surface area contributed by atoms with Crippen LogP contribution in [0.3, 0.4) is 0 Å². The van der Waals surface area contributed by atoms with Crippen molar-refractivity contribution in [2.75, 3.05) is 0 Å². The van der Waals surface area contributed by atoms with Crippen molar-refractivity contribution < 1.29 is 0 Å². The fourth-order valence-corrected chi connectivity index (χ4v) is 1.35. The Bertz CT molecular complexity index is 441. The van der Waals surface area contributed by atoms with Crippen LogP contribution in [0.5, 0.6) is 0 Å². The second-order valence-corrected chi connectivity index (χ2v) is 3.95. The Morgan fingerprint density at radius 2 is 2.20 bits per heavy atom. The highest BCUT2D eigenvalue weighted by atomic mass is 15.6. The van der Waals surface area contributed by atoms with Gasteiger partial charge in [-0.1, -0.05) is 13.8 Å². The molecule has 0 fully saturated rings. The van der Waals surface area contributed by atoms with Gasteiger partial charge in [-0.3, -0.25) is 4.68 Å². The van der Waals surface area contributed by atoms with Crippen molar-refractivity contribution in [2.45, 2.75) is 20.4 Å². The van der Waals surface area contributed by atoms with Gasteiger partial charge in [-0.05, 0) is 11.1 Å². The van der Waals surface area contributed by atoms with Gasteiger partial charge in [0.25, 0.3) is 0 Å². The summed E-state index contributed by atoms with van der Waals surface area (Å²) in [7, 11) is 1.75. The molecular weight excluding hydrogens is 192 g/mol. The van der Waals surface area contributed by atoms with Gasteiger partial charge in [0, 0.05) is 12.7 Å². The molecule has 2 heterocycles. The highest BCUT2D eigenvalue weighted by molar-refractivity contribution is 5.50. The number of hydrogen-bond acceptors (Lipinski definition) is 4. The first-order valence-electron chi connectivity index (χ1n) is 4.92. The van der Waals surface area contributed by atoms with Gasteiger partial charge in [-0.25, -0.2) is 0 Å². The van der Waals surface area contributed by atoms with Crippen molar-refractivity contribution in [2.24, 2.45) is 13.0 Å². The lowest BCUT2D eigenvalue weighted by atomic mass is 10.2. The Kier molecular flexibility index (Phi) is 2.49. The first-order chi connectivity index (χ1) is 7.15. The number of hydrogen-bond donors (Lipinski definition) is 0. The van der Waals surface area contributed by atoms with E-state index >= 15 is 0 Å². The molecule has 0 N–H and O–H groups in total. The quantitative estimate of drug-likeness (QED) is 0.742. The normalized spacial score (nSPS) is 11.2. The molecule has 0 aliphatic rings. The summed E-state index contributed by atoms with van der Waals surface area (Å²) in [4.78, 5) is 1.44. The van der Waals surface area contributed by atoms with E-state index in [-0.39, 0.29) is 0 Å². The minimum atomic E-state index is 0.576. The third-order valence-electron chi connectivity index (χ3n) is 1.95. The molecule has 80 valence electrons. The number of aromatic nitrogens is 6. The second-order valence-electron chi connectivity index (χ2n) is 3.95. The molecule has 6 nitrogen and oxygen atoms in total. The molecule has 0 bridgehead atoms. The second kappa shape index (κ2) is 3.80. The predicted octanol–water partition coefficient (Wildman–Crippen LogP) is 0.730. The molecule has 0 aliphatic heterocycles. The van der Waals surface area contributed by atoms with E-state index in [2.05, 4.69) is 34.4 Å². The average molecular weight is 206 g/mol. The molecule has 0 aromatic carbocycles. The van der Waals surface area contributed by atoms with Crippen LogP contribution < -0.4 is 0 Å². The van der Waals surface area contributed by atoms with Gasteiger partial charge < -0.3 is 0 Å². The van der Waals surface area contributed by atoms with E-state index in [1.54, 1.807) is 13.2 Å². The summed E-state index contributed by atoms with van der Waals surface area (Å²) < 4.78 is 1.90. The smallest absolute Gasteiger partial charge is 0.208 e. The molecule has 0 saturated heterocycles. The summed E-state index contributed by atoms with van der Waals surface area (Å²) in [5.41, 5.74) is 0.906. The lowest BCUT2D eigenvalue weighted by Crippen LogP contribution is -2.04. The zero-order valence-corrected chi connectivity index (χ0v) is 9.12. The monoisotopic (exact) mass is 206 g/mol. The van der Waals surface area contributed by atoms with E-state index in [1.807, 2.05) is 10.9 Å². The van der Waals surface area contributed by atoms with Gasteiger partial charge in [-0.2, -0.15) is 9.90 Å². The molecule has 2 rings (SSSR count). The summed E-state index contributed by atoms with van der Waals surface area (Å²) in [5.74, 6) is 1.19. The number of rotatable bonds is 3. The molecule has 2 aromatic rings. The SMILES string of the molecule is CC(C)Cn1cc(-c2nnn(C)n2)cn1. The average Bonchev–Trinajstić information content (AvgIpc) is 2.72. The van der Waals surface area contributed by atoms with Gasteiger partial charge >= 0.3 is 0 Å². The highest BCUT2D eigenvalue weighted by Gasteiger charge is 2.07. The van der Waals surface area contributed by atoms with Crippen molar-refractivity contribution in [3.05, 3.63) is 12.4 Å². The molecular formula is C9H14N6. The minimum absolute atomic E-state index is 0.576. The van der Waals surface area contributed by atoms with Crippen molar-refractivity contribution in [3.63, 3.8) is 0 Å². The van der Waals surface area contributed by atoms with E-state index < -0.39 is 0 Å². The first kappa shape index (κ1) is 9.82. The van der Waals surface area contributed by atoms with Crippen molar-refractivity contribution >= 4 is 0 Å². The van der Waals surface area contributed by atoms with E-state index in [0.29, 0.717) is 11.7 Å². The zero-order chi connectivity index (χ0) is 10.8. The Hall–Kier alpha value is -1.72. The van der Waals surface area contributed by atoms with Crippen LogP contribution in [0.1, 0.15) is 13.8 Å². The molecule has 15 heavy (non-hydrogen) atoms. The fourth-order valence-electron chi connectivity index (χ4n) is 1.35. The first-order valence-corrected chi connectivity index (χ1v) is 4.92. The predicted molar refractivity (Wildman–Crippen MR) is 54.9 cm³/mol. The Morgan fingerprint density at radius 1 is 1.40 bits per heavy atom. The molecule has 0 aliphatic carbocycles. The molecule has 0 spiro atoms. The summed E-state index contributed by atoms with van der Waals surface area (Å²) >= 11 is 0. The zero-order valence-electron chi connectivity index (χ0n) is 9.12. The minimum Gasteiger partial charge on any atom is -0.272 e. The maximum Gasteiger partial charge on any atom is 0.208 e. The lowest BCUT2D eigenvalue weighted by molar-refractivity contribution is 0.483. The molecule has 6 heteroatoms. The Morgan fingerprint density at radius 3 is 2.80 bits per heavy atom. The number of aryl methyl sites for hydroxylation is 1. The van der Waals surface area contributed by atoms with Crippen LogP contribution in [0.2, 0.25) is 0 Å². The highest BCUT2D eigenvalue weighted by Crippen LogP contribution is 2.12. The topological polar surface area (TPSA) is 61.4 Å². The van der Waals surface area contributed by atoms with E-state index in [1.165, 1.54) is 4.80 Å². The Labute approximate surface area is 87.9 Å². The van der Waals surface area contributed by atoms with Crippen LogP contribution in [0.15, 0.2) is 12.4 Å². The van der Waals surface area contributed by atoms with Gasteiger partial charge in [-0.15, -0.1) is 10.2 Å². The van der Waals surface area contributed by atoms with E-state index in [4.69, 9.17) is 0 Å². The third-order valence-corrected chi connectivity index (χ3v) is 1.95. The summed E-state index contributed by atoms with van der Waals surface area (Å²) in [5, 5.41) is 16.1. The molecule has 0 saturated carbocycles. The molecule has 0 amide bonds. The number of nitrogens with zero attached hydrogens (tertiary/aromatic N) is 6. The fraction of sp³-hybridized carbons (Fsp3) is 0.556. The molecule has 2 aromatic heterocycles. The standard InChI is InChI=1S/C9H14N6/c1-7(2)5-15-6-8(4-10-15)9-11-13-14(3)12-9/h4,6-7H,5H2,1-3H3. The van der Waals surface area contributed by atoms with Gasteiger partial charge in [0.1, 0.15) is 0 Å². The van der Waals surface area contributed by atoms with Gasteiger partial charge in [0.2, 0.25) is 5.82 Å². The molecule has 0 unspecified atom stereocenters. The summed E-state index contributed by atoms with van der Waals surface area (Å²) in [6.45, 7) is 5.21. The summed E-state index contributed by atoms with van der Waals surface area (Å²) in [6, 6.07) is 0. The van der Waals surface area contributed by atoms with Gasteiger partial charge in [0.15, 0.2) is 0 Å². The van der Waals surface area contributed by atoms with Crippen molar-refractivity contribution in [3.8, 4) is 11.4 Å². The van der Waals surface area contributed by atoms with Crippen LogP contribution in [-0.2, 0) is 13.6 Å². The van der Waals surface area contributed by atoms with Gasteiger partial charge in [0.05, 0.1) is 18.8 Å². The van der Waals surface area contributed by atoms with Crippen LogP contribution in [0.4, 0.5) is 0 Å².